The third-order valence-electron chi connectivity index (χ3n) is 5.28. The molecule has 0 aliphatic carbocycles. The van der Waals surface area contributed by atoms with E-state index in [0.29, 0.717) is 15.9 Å². The van der Waals surface area contributed by atoms with E-state index in [9.17, 15) is 14.7 Å². The first-order valence-corrected chi connectivity index (χ1v) is 12.3. The van der Waals surface area contributed by atoms with Crippen molar-refractivity contribution < 1.29 is 14.7 Å². The SMILES string of the molecule is CC(C)c1ccc2nc(N3C(=O)C(O)=C(C(=O)c4cccs4)C3c3cccs3)sc2c1. The molecule has 5 rings (SSSR count). The highest BCUT2D eigenvalue weighted by Crippen LogP contribution is 2.45. The molecule has 1 unspecified atom stereocenters. The summed E-state index contributed by atoms with van der Waals surface area (Å²) >= 11 is 4.13. The lowest BCUT2D eigenvalue weighted by molar-refractivity contribution is -0.117. The predicted octanol–water partition coefficient (Wildman–Crippen LogP) is 6.33. The molecule has 0 bridgehead atoms. The lowest BCUT2D eigenvalue weighted by Crippen LogP contribution is -2.30. The van der Waals surface area contributed by atoms with Crippen LogP contribution in [-0.4, -0.2) is 21.8 Å². The summed E-state index contributed by atoms with van der Waals surface area (Å²) in [6.07, 6.45) is 0. The van der Waals surface area contributed by atoms with Crippen LogP contribution in [0.4, 0.5) is 5.13 Å². The van der Waals surface area contributed by atoms with Crippen LogP contribution in [-0.2, 0) is 4.79 Å². The molecule has 1 amide bonds. The molecule has 0 radical (unpaired) electrons. The Morgan fingerprint density at radius 1 is 1.13 bits per heavy atom. The number of hydrogen-bond donors (Lipinski definition) is 1. The van der Waals surface area contributed by atoms with Crippen molar-refractivity contribution in [1.82, 2.24) is 4.98 Å². The van der Waals surface area contributed by atoms with Gasteiger partial charge in [0.25, 0.3) is 5.91 Å². The highest BCUT2D eigenvalue weighted by molar-refractivity contribution is 7.22. The number of thiazole rings is 1. The molecule has 4 aromatic rings. The molecule has 8 heteroatoms. The van der Waals surface area contributed by atoms with Gasteiger partial charge in [0.15, 0.2) is 10.9 Å². The molecule has 3 aromatic heterocycles. The number of carbonyl (C=O) groups excluding carboxylic acids is 2. The molecule has 0 saturated carbocycles. The molecule has 5 nitrogen and oxygen atoms in total. The fourth-order valence-corrected chi connectivity index (χ4v) is 6.22. The Morgan fingerprint density at radius 2 is 1.90 bits per heavy atom. The molecule has 1 aliphatic rings. The van der Waals surface area contributed by atoms with Gasteiger partial charge in [0, 0.05) is 4.88 Å². The number of fused-ring (bicyclic) bond motifs is 1. The van der Waals surface area contributed by atoms with E-state index in [1.807, 2.05) is 29.6 Å². The van der Waals surface area contributed by atoms with Gasteiger partial charge in [-0.15, -0.1) is 22.7 Å². The van der Waals surface area contributed by atoms with Crippen LogP contribution in [0.5, 0.6) is 0 Å². The van der Waals surface area contributed by atoms with Crippen LogP contribution in [0, 0.1) is 0 Å². The topological polar surface area (TPSA) is 70.5 Å². The Bertz CT molecular complexity index is 1320. The van der Waals surface area contributed by atoms with Crippen LogP contribution >= 0.6 is 34.0 Å². The zero-order valence-corrected chi connectivity index (χ0v) is 19.2. The Kier molecular flexibility index (Phi) is 5.00. The minimum absolute atomic E-state index is 0.108. The molecule has 1 aliphatic heterocycles. The summed E-state index contributed by atoms with van der Waals surface area (Å²) in [5.41, 5.74) is 2.09. The monoisotopic (exact) mass is 466 g/mol. The maximum Gasteiger partial charge on any atom is 0.296 e. The first-order valence-electron chi connectivity index (χ1n) is 9.74. The van der Waals surface area contributed by atoms with Crippen LogP contribution < -0.4 is 4.90 Å². The minimum atomic E-state index is -0.702. The van der Waals surface area contributed by atoms with Gasteiger partial charge in [-0.3, -0.25) is 14.5 Å². The lowest BCUT2D eigenvalue weighted by Gasteiger charge is -2.22. The number of rotatable bonds is 5. The molecule has 1 aromatic carbocycles. The average molecular weight is 467 g/mol. The summed E-state index contributed by atoms with van der Waals surface area (Å²) < 4.78 is 0.969. The fraction of sp³-hybridized carbons (Fsp3) is 0.174. The van der Waals surface area contributed by atoms with E-state index in [-0.39, 0.29) is 11.4 Å². The maximum atomic E-state index is 13.2. The standard InChI is InChI=1S/C23H18N2O3S3/c1-12(2)13-7-8-14-17(11-13)31-23(24-14)25-19(15-5-3-9-29-15)18(21(27)22(25)28)20(26)16-6-4-10-30-16/h3-12,19,27H,1-2H3. The third-order valence-corrected chi connectivity index (χ3v) is 8.10. The summed E-state index contributed by atoms with van der Waals surface area (Å²) in [4.78, 5) is 33.9. The number of Topliss-reactive ketones (excluding diaryl/α,β-unsaturated/α-hetero) is 1. The number of aromatic nitrogens is 1. The van der Waals surface area contributed by atoms with Crippen LogP contribution in [0.3, 0.4) is 0 Å². The molecule has 0 fully saturated rings. The van der Waals surface area contributed by atoms with Crippen molar-refractivity contribution in [3.8, 4) is 0 Å². The van der Waals surface area contributed by atoms with E-state index in [0.717, 1.165) is 15.1 Å². The van der Waals surface area contributed by atoms with Crippen molar-refractivity contribution >= 4 is 61.0 Å². The number of benzene rings is 1. The third kappa shape index (κ3) is 3.31. The van der Waals surface area contributed by atoms with E-state index in [4.69, 9.17) is 0 Å². The number of anilines is 1. The largest absolute Gasteiger partial charge is 0.503 e. The first kappa shape index (κ1) is 20.1. The summed E-state index contributed by atoms with van der Waals surface area (Å²) in [5.74, 6) is -1.05. The second-order valence-corrected chi connectivity index (χ2v) is 10.5. The molecule has 0 spiro atoms. The van der Waals surface area contributed by atoms with Crippen molar-refractivity contribution in [2.75, 3.05) is 4.90 Å². The summed E-state index contributed by atoms with van der Waals surface area (Å²) in [5, 5.41) is 14.9. The summed E-state index contributed by atoms with van der Waals surface area (Å²) in [7, 11) is 0. The van der Waals surface area contributed by atoms with Crippen LogP contribution in [0.15, 0.2) is 64.6 Å². The van der Waals surface area contributed by atoms with Gasteiger partial charge >= 0.3 is 0 Å². The lowest BCUT2D eigenvalue weighted by atomic mass is 10.0. The van der Waals surface area contributed by atoms with Gasteiger partial charge in [0.2, 0.25) is 5.78 Å². The number of carbonyl (C=O) groups is 2. The molecular formula is C23H18N2O3S3. The molecule has 0 saturated heterocycles. The van der Waals surface area contributed by atoms with E-state index in [1.165, 1.54) is 44.5 Å². The van der Waals surface area contributed by atoms with Crippen molar-refractivity contribution in [1.29, 1.82) is 0 Å². The Morgan fingerprint density at radius 3 is 2.58 bits per heavy atom. The maximum absolute atomic E-state index is 13.2. The number of nitrogens with zero attached hydrogens (tertiary/aromatic N) is 2. The van der Waals surface area contributed by atoms with Crippen LogP contribution in [0.2, 0.25) is 0 Å². The van der Waals surface area contributed by atoms with Gasteiger partial charge < -0.3 is 5.11 Å². The first-order chi connectivity index (χ1) is 15.0. The smallest absolute Gasteiger partial charge is 0.296 e. The second-order valence-electron chi connectivity index (χ2n) is 7.54. The second kappa shape index (κ2) is 7.71. The highest BCUT2D eigenvalue weighted by atomic mass is 32.1. The Balaban J connectivity index is 1.64. The van der Waals surface area contributed by atoms with Gasteiger partial charge in [-0.25, -0.2) is 4.98 Å². The van der Waals surface area contributed by atoms with Crippen molar-refractivity contribution in [2.45, 2.75) is 25.8 Å². The van der Waals surface area contributed by atoms with Gasteiger partial charge in [0.1, 0.15) is 6.04 Å². The number of thiophene rings is 2. The molecular weight excluding hydrogens is 448 g/mol. The van der Waals surface area contributed by atoms with Gasteiger partial charge in [-0.05, 0) is 46.5 Å². The minimum Gasteiger partial charge on any atom is -0.503 e. The van der Waals surface area contributed by atoms with Gasteiger partial charge in [0.05, 0.1) is 20.7 Å². The van der Waals surface area contributed by atoms with Crippen molar-refractivity contribution in [3.63, 3.8) is 0 Å². The van der Waals surface area contributed by atoms with Crippen LogP contribution in [0.1, 0.15) is 45.9 Å². The molecule has 31 heavy (non-hydrogen) atoms. The molecule has 156 valence electrons. The molecule has 1 atom stereocenters. The zero-order chi connectivity index (χ0) is 21.7. The van der Waals surface area contributed by atoms with E-state index >= 15 is 0 Å². The molecule has 1 N–H and O–H groups in total. The molecule has 4 heterocycles. The number of amides is 1. The predicted molar refractivity (Wildman–Crippen MR) is 127 cm³/mol. The number of hydrogen-bond acceptors (Lipinski definition) is 7. The summed E-state index contributed by atoms with van der Waals surface area (Å²) in [6, 6.07) is 12.6. The number of aliphatic hydroxyl groups is 1. The average Bonchev–Trinajstić information content (AvgIpc) is 3.54. The zero-order valence-electron chi connectivity index (χ0n) is 16.7. The van der Waals surface area contributed by atoms with Gasteiger partial charge in [-0.1, -0.05) is 43.4 Å². The summed E-state index contributed by atoms with van der Waals surface area (Å²) in [6.45, 7) is 4.26. The number of ketones is 1. The van der Waals surface area contributed by atoms with E-state index in [1.54, 1.807) is 17.5 Å². The Labute approximate surface area is 190 Å². The Hall–Kier alpha value is -2.81. The van der Waals surface area contributed by atoms with E-state index in [2.05, 4.69) is 24.9 Å². The normalized spacial score (nSPS) is 16.8. The fourth-order valence-electron chi connectivity index (χ4n) is 3.68. The van der Waals surface area contributed by atoms with Gasteiger partial charge in [-0.2, -0.15) is 0 Å². The van der Waals surface area contributed by atoms with Crippen molar-refractivity contribution in [2.24, 2.45) is 0 Å². The highest BCUT2D eigenvalue weighted by Gasteiger charge is 2.46. The number of aliphatic hydroxyl groups excluding tert-OH is 1. The van der Waals surface area contributed by atoms with Crippen LogP contribution in [0.25, 0.3) is 10.2 Å². The van der Waals surface area contributed by atoms with Crippen molar-refractivity contribution in [3.05, 3.63) is 79.9 Å². The van der Waals surface area contributed by atoms with E-state index < -0.39 is 17.7 Å². The quantitative estimate of drug-likeness (QED) is 0.349.